The second-order valence-corrected chi connectivity index (χ2v) is 17.3. The Labute approximate surface area is 361 Å². The molecule has 2 heterocycles. The van der Waals surface area contributed by atoms with E-state index in [4.69, 9.17) is 4.74 Å². The first-order valence-electron chi connectivity index (χ1n) is 22.8. The summed E-state index contributed by atoms with van der Waals surface area (Å²) in [6.07, 6.45) is 8.94. The van der Waals surface area contributed by atoms with Crippen molar-refractivity contribution < 1.29 is 33.5 Å². The van der Waals surface area contributed by atoms with Gasteiger partial charge in [0.2, 0.25) is 35.4 Å². The topological polar surface area (TPSA) is 178 Å². The highest BCUT2D eigenvalue weighted by Gasteiger charge is 2.40. The molecule has 14 heteroatoms. The molecule has 5 N–H and O–H groups in total. The highest BCUT2D eigenvalue weighted by Crippen LogP contribution is 2.41. The van der Waals surface area contributed by atoms with E-state index in [0.717, 1.165) is 78.7 Å². The number of carbonyl (C=O) groups is 6. The maximum Gasteiger partial charge on any atom is 0.245 e. The van der Waals surface area contributed by atoms with Gasteiger partial charge in [-0.25, -0.2) is 0 Å². The molecule has 2 fully saturated rings. The Balaban J connectivity index is 1.13. The lowest BCUT2D eigenvalue weighted by molar-refractivity contribution is -0.142. The molecule has 2 aromatic carbocycles. The summed E-state index contributed by atoms with van der Waals surface area (Å²) in [5.41, 5.74) is 4.10. The summed E-state index contributed by atoms with van der Waals surface area (Å²) in [5, 5.41) is 15.2. The molecule has 0 spiro atoms. The number of nitrogens with one attached hydrogen (secondary N) is 5. The van der Waals surface area contributed by atoms with E-state index in [1.807, 2.05) is 64.1 Å². The molecule has 0 radical (unpaired) electrons. The Morgan fingerprint density at radius 2 is 1.10 bits per heavy atom. The predicted octanol–water partition coefficient (Wildman–Crippen LogP) is 4.89. The van der Waals surface area contributed by atoms with E-state index in [-0.39, 0.29) is 53.4 Å². The van der Waals surface area contributed by atoms with Gasteiger partial charge in [0.15, 0.2) is 0 Å². The zero-order valence-corrected chi connectivity index (χ0v) is 36.9. The number of rotatable bonds is 16. The molecule has 6 amide bonds. The van der Waals surface area contributed by atoms with E-state index in [0.29, 0.717) is 51.6 Å². The summed E-state index contributed by atoms with van der Waals surface area (Å²) in [5.74, 6) is 0.0725. The number of carbonyl (C=O) groups excluding carboxylic acids is 6. The van der Waals surface area contributed by atoms with Crippen LogP contribution in [-0.4, -0.2) is 95.6 Å². The van der Waals surface area contributed by atoms with Crippen molar-refractivity contribution in [3.8, 4) is 11.5 Å². The Morgan fingerprint density at radius 3 is 1.52 bits per heavy atom. The molecule has 0 unspecified atom stereocenters. The number of hydrogen-bond acceptors (Lipinski definition) is 8. The van der Waals surface area contributed by atoms with Crippen molar-refractivity contribution in [1.29, 1.82) is 0 Å². The van der Waals surface area contributed by atoms with Crippen LogP contribution in [0.25, 0.3) is 0 Å². The molecule has 0 saturated carbocycles. The Kier molecular flexibility index (Phi) is 15.5. The van der Waals surface area contributed by atoms with Gasteiger partial charge in [-0.3, -0.25) is 28.8 Å². The van der Waals surface area contributed by atoms with E-state index in [9.17, 15) is 28.8 Å². The molecule has 2 aliphatic heterocycles. The molecule has 61 heavy (non-hydrogen) atoms. The molecular weight excluding hydrogens is 775 g/mol. The first kappa shape index (κ1) is 45.5. The third-order valence-electron chi connectivity index (χ3n) is 13.4. The summed E-state index contributed by atoms with van der Waals surface area (Å²) in [7, 11) is 1.69. The Hall–Kier alpha value is -4.98. The summed E-state index contributed by atoms with van der Waals surface area (Å²) >= 11 is 0. The van der Waals surface area contributed by atoms with Crippen molar-refractivity contribution in [3.63, 3.8) is 0 Å². The number of likely N-dealkylation sites (N-methyl/N-ethyl adjacent to an activating group) is 1. The van der Waals surface area contributed by atoms with Gasteiger partial charge in [0.25, 0.3) is 0 Å². The van der Waals surface area contributed by atoms with Gasteiger partial charge in [-0.1, -0.05) is 52.0 Å². The van der Waals surface area contributed by atoms with Crippen molar-refractivity contribution in [2.45, 2.75) is 160 Å². The molecular formula is C47H67N7O7. The van der Waals surface area contributed by atoms with E-state index < -0.39 is 30.2 Å². The average molecular weight is 842 g/mol. The summed E-state index contributed by atoms with van der Waals surface area (Å²) in [6.45, 7) is 10.2. The number of ether oxygens (including phenoxy) is 1. The van der Waals surface area contributed by atoms with Crippen LogP contribution in [0.1, 0.15) is 140 Å². The molecule has 2 aliphatic carbocycles. The minimum absolute atomic E-state index is 0.145. The molecule has 0 aromatic heterocycles. The van der Waals surface area contributed by atoms with Crippen LogP contribution in [0.2, 0.25) is 0 Å². The number of likely N-dealkylation sites (tertiary alicyclic amines) is 2. The first-order chi connectivity index (χ1) is 29.4. The SMILES string of the molecule is CC[C@@H](C)C(=O)N[C@@H](CC)C(=O)N1CCC[C@H]1C(=O)N[C@@H]1CCCc2c(Oc3cccc4c3CCC[C@H]4NC(=O)[C@@H]3CCCN3C(=O)[C@H](CC)NC(=O)[C@H](C)NC)cccc21. The second kappa shape index (κ2) is 20.7. The number of fused-ring (bicyclic) bond motifs is 2. The summed E-state index contributed by atoms with van der Waals surface area (Å²) in [6, 6.07) is 8.44. The van der Waals surface area contributed by atoms with Crippen molar-refractivity contribution in [2.24, 2.45) is 5.92 Å². The van der Waals surface area contributed by atoms with Gasteiger partial charge in [0.05, 0.1) is 18.1 Å². The van der Waals surface area contributed by atoms with Gasteiger partial charge in [-0.05, 0) is 121 Å². The monoisotopic (exact) mass is 842 g/mol. The fraction of sp³-hybridized carbons (Fsp3) is 0.617. The van der Waals surface area contributed by atoms with Crippen molar-refractivity contribution >= 4 is 35.4 Å². The number of hydrogen-bond donors (Lipinski definition) is 5. The quantitative estimate of drug-likeness (QED) is 0.159. The van der Waals surface area contributed by atoms with Crippen molar-refractivity contribution in [1.82, 2.24) is 36.4 Å². The fourth-order valence-corrected chi connectivity index (χ4v) is 9.39. The van der Waals surface area contributed by atoms with E-state index in [1.165, 1.54) is 0 Å². The van der Waals surface area contributed by atoms with Gasteiger partial charge in [0, 0.05) is 30.1 Å². The standard InChI is InChI=1S/C47H67N7O7/c1-7-28(4)42(55)49-34(8-2)46(59)53-26-14-22-38(53)44(57)51-36-20-10-18-32-30(36)16-12-24-40(32)61-41-25-13-17-31-33(41)19-11-21-37(31)52-45(58)39-23-15-27-54(39)47(60)35(9-3)50-43(56)29(5)48-6/h12-13,16-17,24-25,28-29,34-39,48H,7-11,14-15,18-23,26-27H2,1-6H3,(H,49,55)(H,50,56)(H,51,57)(H,52,58)/t28-,29+,34+,35+,36-,37-,38+,39+/m1/s1. The minimum Gasteiger partial charge on any atom is -0.457 e. The van der Waals surface area contributed by atoms with Gasteiger partial charge < -0.3 is 41.1 Å². The third kappa shape index (κ3) is 10.2. The molecule has 0 bridgehead atoms. The van der Waals surface area contributed by atoms with Crippen LogP contribution >= 0.6 is 0 Å². The lowest BCUT2D eigenvalue weighted by atomic mass is 9.86. The van der Waals surface area contributed by atoms with E-state index >= 15 is 0 Å². The zero-order valence-electron chi connectivity index (χ0n) is 36.9. The first-order valence-corrected chi connectivity index (χ1v) is 22.8. The van der Waals surface area contributed by atoms with Crippen LogP contribution in [0, 0.1) is 5.92 Å². The number of benzene rings is 2. The molecule has 8 atom stereocenters. The Bertz CT molecular complexity index is 1800. The van der Waals surface area contributed by atoms with Crippen LogP contribution in [0.4, 0.5) is 0 Å². The van der Waals surface area contributed by atoms with Crippen molar-refractivity contribution in [2.75, 3.05) is 20.1 Å². The fourth-order valence-electron chi connectivity index (χ4n) is 9.39. The van der Waals surface area contributed by atoms with Gasteiger partial charge in [-0.2, -0.15) is 0 Å². The van der Waals surface area contributed by atoms with Crippen molar-refractivity contribution in [3.05, 3.63) is 58.7 Å². The molecule has 332 valence electrons. The van der Waals surface area contributed by atoms with E-state index in [1.54, 1.807) is 23.8 Å². The summed E-state index contributed by atoms with van der Waals surface area (Å²) < 4.78 is 6.76. The number of amides is 6. The maximum atomic E-state index is 13.9. The van der Waals surface area contributed by atoms with Gasteiger partial charge >= 0.3 is 0 Å². The highest BCUT2D eigenvalue weighted by molar-refractivity contribution is 5.94. The lowest BCUT2D eigenvalue weighted by Crippen LogP contribution is -2.55. The molecule has 6 rings (SSSR count). The van der Waals surface area contributed by atoms with Gasteiger partial charge in [0.1, 0.15) is 35.7 Å². The zero-order chi connectivity index (χ0) is 43.8. The summed E-state index contributed by atoms with van der Waals surface area (Å²) in [4.78, 5) is 83.7. The van der Waals surface area contributed by atoms with Crippen LogP contribution in [-0.2, 0) is 41.6 Å². The predicted molar refractivity (Wildman–Crippen MR) is 232 cm³/mol. The lowest BCUT2D eigenvalue weighted by Gasteiger charge is -2.33. The van der Waals surface area contributed by atoms with Crippen LogP contribution < -0.4 is 31.3 Å². The highest BCUT2D eigenvalue weighted by atomic mass is 16.5. The smallest absolute Gasteiger partial charge is 0.245 e. The van der Waals surface area contributed by atoms with Crippen LogP contribution in [0.15, 0.2) is 36.4 Å². The van der Waals surface area contributed by atoms with Crippen LogP contribution in [0.5, 0.6) is 11.5 Å². The molecule has 4 aliphatic rings. The molecule has 2 saturated heterocycles. The minimum atomic E-state index is -0.704. The largest absolute Gasteiger partial charge is 0.457 e. The van der Waals surface area contributed by atoms with Crippen LogP contribution in [0.3, 0.4) is 0 Å². The Morgan fingerprint density at radius 1 is 0.639 bits per heavy atom. The maximum absolute atomic E-state index is 13.9. The second-order valence-electron chi connectivity index (χ2n) is 17.3. The van der Waals surface area contributed by atoms with Gasteiger partial charge in [-0.15, -0.1) is 0 Å². The third-order valence-corrected chi connectivity index (χ3v) is 13.4. The van der Waals surface area contributed by atoms with E-state index in [2.05, 4.69) is 26.6 Å². The number of nitrogens with zero attached hydrogens (tertiary/aromatic N) is 2. The molecule has 2 aromatic rings. The normalized spacial score (nSPS) is 22.8. The average Bonchev–Trinajstić information content (AvgIpc) is 3.98. The molecule has 14 nitrogen and oxygen atoms in total.